The van der Waals surface area contributed by atoms with E-state index in [4.69, 9.17) is 18.5 Å². The number of carbonyl (C=O) groups is 1. The molecule has 8 nitrogen and oxygen atoms in total. The van der Waals surface area contributed by atoms with Gasteiger partial charge in [0.15, 0.2) is 0 Å². The second-order valence-corrected chi connectivity index (χ2v) is 18.5. The average molecular weight is 886 g/mol. The molecule has 0 aliphatic rings. The fourth-order valence-corrected chi connectivity index (χ4v) is 6.85. The number of phosphoric acid groups is 1. The highest BCUT2D eigenvalue weighted by Gasteiger charge is 2.20. The molecule has 356 valence electrons. The van der Waals surface area contributed by atoms with Crippen molar-refractivity contribution in [1.29, 1.82) is 0 Å². The number of phosphoric ester groups is 1. The lowest BCUT2D eigenvalue weighted by Crippen LogP contribution is -2.37. The molecule has 0 heterocycles. The summed E-state index contributed by atoms with van der Waals surface area (Å²) in [5.41, 5.74) is 0. The van der Waals surface area contributed by atoms with Crippen LogP contribution < -0.4 is 4.89 Å². The number of hydrogen-bond acceptors (Lipinski definition) is 7. The number of esters is 1. The lowest BCUT2D eigenvalue weighted by atomic mass is 10.1. The summed E-state index contributed by atoms with van der Waals surface area (Å²) in [5, 5.41) is 0. The molecule has 0 saturated carbocycles. The molecular formula is C53H92NO7P. The minimum Gasteiger partial charge on any atom is -0.756 e. The number of nitrogens with zero attached hydrogens (tertiary/aromatic N) is 1. The maximum absolute atomic E-state index is 12.7. The van der Waals surface area contributed by atoms with Crippen molar-refractivity contribution >= 4 is 13.8 Å². The molecule has 0 spiro atoms. The maximum atomic E-state index is 12.7. The first-order chi connectivity index (χ1) is 30.1. The highest BCUT2D eigenvalue weighted by molar-refractivity contribution is 7.45. The SMILES string of the molecule is CC/C=C\C/C=C\C/C=C\C/C=C\C/C=C\C/C=C\C/C=C\CCCC(=O)OC(COCCCCCCCC/C=C\CCCCCCCCC)COP(=O)([O-])OCC[N+](C)(C)C. The van der Waals surface area contributed by atoms with Gasteiger partial charge < -0.3 is 27.9 Å². The monoisotopic (exact) mass is 886 g/mol. The molecule has 0 bridgehead atoms. The van der Waals surface area contributed by atoms with Crippen LogP contribution in [0.3, 0.4) is 0 Å². The standard InChI is InChI=1S/C53H92NO7P/c1-6-8-10-12-14-16-18-20-22-24-25-26-27-28-29-30-32-34-36-38-40-42-44-46-53(55)61-52(51-60-62(56,57)59-49-47-54(3,4)5)50-58-48-45-43-41-39-37-35-33-31-23-21-19-17-15-13-11-9-7-2/h8,10,14,16,20,22-23,25-26,28-29,31-32,34,38,40,52H,6-7,9,11-13,15,17-19,21,24,27,30,33,35-37,39,41-51H2,1-5H3/b10-8-,16-14-,22-20-,26-25-,29-28-,31-23-,34-32-,40-38-. The predicted molar refractivity (Wildman–Crippen MR) is 263 cm³/mol. The van der Waals surface area contributed by atoms with Crippen molar-refractivity contribution in [2.24, 2.45) is 0 Å². The summed E-state index contributed by atoms with van der Waals surface area (Å²) < 4.78 is 34.6. The molecule has 0 aromatic carbocycles. The lowest BCUT2D eigenvalue weighted by Gasteiger charge is -2.28. The van der Waals surface area contributed by atoms with Crippen LogP contribution in [0.4, 0.5) is 0 Å². The predicted octanol–water partition coefficient (Wildman–Crippen LogP) is 14.4. The zero-order chi connectivity index (χ0) is 45.5. The third kappa shape index (κ3) is 48.5. The van der Waals surface area contributed by atoms with Crippen molar-refractivity contribution in [3.8, 4) is 0 Å². The van der Waals surface area contributed by atoms with Crippen LogP contribution in [0.5, 0.6) is 0 Å². The molecule has 0 aliphatic heterocycles. The molecule has 9 heteroatoms. The molecule has 0 amide bonds. The molecule has 0 N–H and O–H groups in total. The topological polar surface area (TPSA) is 94.1 Å². The summed E-state index contributed by atoms with van der Waals surface area (Å²) in [6.45, 7) is 5.18. The van der Waals surface area contributed by atoms with Gasteiger partial charge in [-0.25, -0.2) is 0 Å². The second-order valence-electron chi connectivity index (χ2n) is 17.1. The quantitative estimate of drug-likeness (QED) is 0.0198. The molecular weight excluding hydrogens is 794 g/mol. The number of likely N-dealkylation sites (N-methyl/N-ethyl adjacent to an activating group) is 1. The van der Waals surface area contributed by atoms with Gasteiger partial charge in [0.1, 0.15) is 19.3 Å². The van der Waals surface area contributed by atoms with Gasteiger partial charge in [0.05, 0.1) is 34.4 Å². The van der Waals surface area contributed by atoms with E-state index in [0.29, 0.717) is 24.1 Å². The van der Waals surface area contributed by atoms with Gasteiger partial charge >= 0.3 is 5.97 Å². The number of rotatable bonds is 44. The fourth-order valence-electron chi connectivity index (χ4n) is 6.12. The Kier molecular flexibility index (Phi) is 43.1. The lowest BCUT2D eigenvalue weighted by molar-refractivity contribution is -0.870. The summed E-state index contributed by atoms with van der Waals surface area (Å²) in [6, 6.07) is 0. The fraction of sp³-hybridized carbons (Fsp3) is 0.679. The van der Waals surface area contributed by atoms with E-state index in [-0.39, 0.29) is 26.2 Å². The first-order valence-electron chi connectivity index (χ1n) is 24.5. The van der Waals surface area contributed by atoms with Crippen molar-refractivity contribution < 1.29 is 37.3 Å². The van der Waals surface area contributed by atoms with Crippen LogP contribution in [0.25, 0.3) is 0 Å². The Balaban J connectivity index is 4.33. The maximum Gasteiger partial charge on any atom is 0.306 e. The molecule has 2 atom stereocenters. The van der Waals surface area contributed by atoms with Crippen LogP contribution in [0.15, 0.2) is 97.2 Å². The number of carbonyl (C=O) groups excluding carboxylic acids is 1. The van der Waals surface area contributed by atoms with E-state index in [1.165, 1.54) is 77.0 Å². The van der Waals surface area contributed by atoms with E-state index in [1.54, 1.807) is 0 Å². The summed E-state index contributed by atoms with van der Waals surface area (Å²) >= 11 is 0. The van der Waals surface area contributed by atoms with Gasteiger partial charge in [0, 0.05) is 13.0 Å². The van der Waals surface area contributed by atoms with Gasteiger partial charge in [-0.05, 0) is 89.9 Å². The van der Waals surface area contributed by atoms with E-state index in [0.717, 1.165) is 70.6 Å². The van der Waals surface area contributed by atoms with Crippen LogP contribution in [0, 0.1) is 0 Å². The number of ether oxygens (including phenoxy) is 2. The molecule has 0 fully saturated rings. The molecule has 0 rings (SSSR count). The molecule has 2 unspecified atom stereocenters. The first-order valence-corrected chi connectivity index (χ1v) is 25.9. The van der Waals surface area contributed by atoms with Crippen molar-refractivity contribution in [2.45, 2.75) is 180 Å². The van der Waals surface area contributed by atoms with Crippen LogP contribution in [0.2, 0.25) is 0 Å². The van der Waals surface area contributed by atoms with E-state index in [2.05, 4.69) is 111 Å². The Hall–Kier alpha value is -2.58. The van der Waals surface area contributed by atoms with E-state index >= 15 is 0 Å². The van der Waals surface area contributed by atoms with Gasteiger partial charge in [-0.1, -0.05) is 175 Å². The summed E-state index contributed by atoms with van der Waals surface area (Å²) in [5.74, 6) is -0.396. The molecule has 0 aliphatic carbocycles. The number of unbranched alkanes of at least 4 members (excludes halogenated alkanes) is 14. The van der Waals surface area contributed by atoms with Crippen molar-refractivity contribution in [3.05, 3.63) is 97.2 Å². The second kappa shape index (κ2) is 45.0. The van der Waals surface area contributed by atoms with Crippen LogP contribution in [-0.2, 0) is 27.9 Å². The Morgan fingerprint density at radius 1 is 0.516 bits per heavy atom. The van der Waals surface area contributed by atoms with Gasteiger partial charge in [-0.15, -0.1) is 0 Å². The van der Waals surface area contributed by atoms with Gasteiger partial charge in [0.2, 0.25) is 0 Å². The highest BCUT2D eigenvalue weighted by atomic mass is 31.2. The minimum absolute atomic E-state index is 0.00878. The Labute approximate surface area is 381 Å². The summed E-state index contributed by atoms with van der Waals surface area (Å²) in [4.78, 5) is 25.1. The van der Waals surface area contributed by atoms with Crippen LogP contribution in [0.1, 0.15) is 174 Å². The Morgan fingerprint density at radius 2 is 0.935 bits per heavy atom. The van der Waals surface area contributed by atoms with E-state index < -0.39 is 19.9 Å². The molecule has 0 saturated heterocycles. The molecule has 0 radical (unpaired) electrons. The third-order valence-electron chi connectivity index (χ3n) is 9.87. The first kappa shape index (κ1) is 59.4. The summed E-state index contributed by atoms with van der Waals surface area (Å²) in [6.07, 6.45) is 61.5. The molecule has 0 aromatic heterocycles. The highest BCUT2D eigenvalue weighted by Crippen LogP contribution is 2.38. The Morgan fingerprint density at radius 3 is 1.42 bits per heavy atom. The Bertz CT molecular complexity index is 1310. The van der Waals surface area contributed by atoms with Crippen molar-refractivity contribution in [1.82, 2.24) is 0 Å². The normalized spacial score (nSPS) is 14.5. The van der Waals surface area contributed by atoms with Crippen molar-refractivity contribution in [2.75, 3.05) is 54.1 Å². The molecule has 62 heavy (non-hydrogen) atoms. The molecule has 0 aromatic rings. The minimum atomic E-state index is -4.55. The zero-order valence-corrected chi connectivity index (χ0v) is 41.2. The average Bonchev–Trinajstić information content (AvgIpc) is 3.23. The zero-order valence-electron chi connectivity index (χ0n) is 40.3. The van der Waals surface area contributed by atoms with Crippen LogP contribution in [-0.4, -0.2) is 70.7 Å². The number of allylic oxidation sites excluding steroid dienone is 16. The largest absolute Gasteiger partial charge is 0.756 e. The third-order valence-corrected chi connectivity index (χ3v) is 10.8. The van der Waals surface area contributed by atoms with E-state index in [1.807, 2.05) is 21.1 Å². The van der Waals surface area contributed by atoms with Crippen molar-refractivity contribution in [3.63, 3.8) is 0 Å². The van der Waals surface area contributed by atoms with Crippen LogP contribution >= 0.6 is 7.82 Å². The van der Waals surface area contributed by atoms with Gasteiger partial charge in [0.25, 0.3) is 7.82 Å². The van der Waals surface area contributed by atoms with Gasteiger partial charge in [-0.3, -0.25) is 9.36 Å². The number of hydrogen-bond donors (Lipinski definition) is 0. The smallest absolute Gasteiger partial charge is 0.306 e. The van der Waals surface area contributed by atoms with Gasteiger partial charge in [-0.2, -0.15) is 0 Å². The summed E-state index contributed by atoms with van der Waals surface area (Å²) in [7, 11) is 1.30. The number of quaternary nitrogens is 1. The van der Waals surface area contributed by atoms with E-state index in [9.17, 15) is 14.3 Å².